The zero-order chi connectivity index (χ0) is 41.2. The van der Waals surface area contributed by atoms with E-state index in [0.29, 0.717) is 51.1 Å². The van der Waals surface area contributed by atoms with Gasteiger partial charge < -0.3 is 29.7 Å². The molecule has 1 saturated heterocycles. The number of hydrogen-bond acceptors (Lipinski definition) is 11. The lowest BCUT2D eigenvalue weighted by Gasteiger charge is -2.30. The number of alkyl carbamates (subject to hydrolysis) is 1. The molecule has 7 rings (SSSR count). The molecule has 5 aliphatic rings. The van der Waals surface area contributed by atoms with Crippen LogP contribution in [0.5, 0.6) is 5.75 Å². The van der Waals surface area contributed by atoms with Crippen molar-refractivity contribution < 1.29 is 46.6 Å². The summed E-state index contributed by atoms with van der Waals surface area (Å²) in [4.78, 5) is 71.9. The van der Waals surface area contributed by atoms with Crippen LogP contribution in [0.3, 0.4) is 0 Å². The predicted molar refractivity (Wildman–Crippen MR) is 208 cm³/mol. The molecular weight excluding hydrogens is 771 g/mol. The Morgan fingerprint density at radius 1 is 1.05 bits per heavy atom. The average molecular weight is 824 g/mol. The fraction of sp³-hybridized carbons (Fsp3) is 0.600. The first kappa shape index (κ1) is 41.0. The van der Waals surface area contributed by atoms with Gasteiger partial charge in [0.25, 0.3) is 5.91 Å². The van der Waals surface area contributed by atoms with Gasteiger partial charge in [0.2, 0.25) is 21.8 Å². The van der Waals surface area contributed by atoms with Gasteiger partial charge in [0.05, 0.1) is 18.3 Å². The molecule has 18 heteroatoms. The van der Waals surface area contributed by atoms with E-state index in [-0.39, 0.29) is 32.4 Å². The Morgan fingerprint density at radius 3 is 2.59 bits per heavy atom. The maximum Gasteiger partial charge on any atom is 0.410 e. The van der Waals surface area contributed by atoms with Crippen LogP contribution in [-0.4, -0.2) is 106 Å². The fourth-order valence-electron chi connectivity index (χ4n) is 7.79. The standard InChI is InChI=1S/C40H53N7O10S/c1-39(2,3)57-37(51)42-32-11-8-6-4-5-7-10-28-22-40(28,36(50)44-58(53,54)31-14-15-31)43-34(48)33-21-30(25-47(33)35(32)49)56-38(52)45-23-26-12-13-29(20-27(26)24-45)55-19-18-46-17-9-16-41-46/h7,9-10,12-13,16-17,20,28,30-33H,4-6,8,11,14-15,18-19,21-25H2,1-3H3,(H,42,51)(H,43,48)(H,44,50)/t28-,30-,32+,33?,40-/m1/s1. The van der Waals surface area contributed by atoms with Crippen molar-refractivity contribution in [3.8, 4) is 5.75 Å². The third kappa shape index (κ3) is 9.76. The number of carbonyl (C=O) groups is 5. The largest absolute Gasteiger partial charge is 0.492 e. The van der Waals surface area contributed by atoms with Gasteiger partial charge in [0.1, 0.15) is 41.7 Å². The number of carbonyl (C=O) groups excluding carboxylic acids is 5. The summed E-state index contributed by atoms with van der Waals surface area (Å²) in [6.07, 6.45) is 9.01. The lowest BCUT2D eigenvalue weighted by atomic mass is 10.0. The smallest absolute Gasteiger partial charge is 0.410 e. The van der Waals surface area contributed by atoms with E-state index >= 15 is 0 Å². The first-order valence-corrected chi connectivity index (χ1v) is 21.7. The van der Waals surface area contributed by atoms with Crippen molar-refractivity contribution in [1.82, 2.24) is 34.9 Å². The molecule has 3 N–H and O–H groups in total. The second-order valence-corrected chi connectivity index (χ2v) is 18.8. The van der Waals surface area contributed by atoms with Crippen LogP contribution in [0, 0.1) is 5.92 Å². The normalized spacial score (nSPS) is 26.3. The molecule has 58 heavy (non-hydrogen) atoms. The highest BCUT2D eigenvalue weighted by Gasteiger charge is 2.62. The first-order chi connectivity index (χ1) is 27.6. The Bertz CT molecular complexity index is 2030. The van der Waals surface area contributed by atoms with E-state index in [2.05, 4.69) is 20.5 Å². The third-order valence-corrected chi connectivity index (χ3v) is 12.9. The van der Waals surface area contributed by atoms with Crippen LogP contribution < -0.4 is 20.1 Å². The monoisotopic (exact) mass is 823 g/mol. The summed E-state index contributed by atoms with van der Waals surface area (Å²) in [6.45, 7) is 6.52. The minimum Gasteiger partial charge on any atom is -0.492 e. The van der Waals surface area contributed by atoms with Crippen molar-refractivity contribution >= 4 is 39.9 Å². The van der Waals surface area contributed by atoms with Crippen molar-refractivity contribution in [1.29, 1.82) is 0 Å². The molecular formula is C40H53N7O10S. The topological polar surface area (TPSA) is 208 Å². The second-order valence-electron chi connectivity index (χ2n) is 16.9. The highest BCUT2D eigenvalue weighted by atomic mass is 32.2. The van der Waals surface area contributed by atoms with Crippen LogP contribution in [0.15, 0.2) is 48.8 Å². The zero-order valence-electron chi connectivity index (χ0n) is 33.2. The third-order valence-electron chi connectivity index (χ3n) is 11.1. The van der Waals surface area contributed by atoms with Crippen LogP contribution in [0.1, 0.15) is 89.7 Å². The summed E-state index contributed by atoms with van der Waals surface area (Å²) in [5.74, 6) is -1.88. The molecule has 1 aromatic heterocycles. The van der Waals surface area contributed by atoms with E-state index in [1.165, 1.54) is 9.80 Å². The number of hydrogen-bond donors (Lipinski definition) is 3. The van der Waals surface area contributed by atoms with E-state index in [0.717, 1.165) is 24.0 Å². The molecule has 5 atom stereocenters. The highest BCUT2D eigenvalue weighted by molar-refractivity contribution is 7.91. The molecule has 2 saturated carbocycles. The van der Waals surface area contributed by atoms with Gasteiger partial charge in [-0.05, 0) is 88.6 Å². The van der Waals surface area contributed by atoms with Crippen LogP contribution in [0.2, 0.25) is 0 Å². The molecule has 314 valence electrons. The molecule has 3 aliphatic heterocycles. The summed E-state index contributed by atoms with van der Waals surface area (Å²) in [5.41, 5.74) is -0.543. The lowest BCUT2D eigenvalue weighted by molar-refractivity contribution is -0.141. The number of benzene rings is 1. The number of nitrogens with zero attached hydrogens (tertiary/aromatic N) is 4. The number of sulfonamides is 1. The van der Waals surface area contributed by atoms with Crippen molar-refractivity contribution in [3.63, 3.8) is 0 Å². The maximum atomic E-state index is 14.4. The van der Waals surface area contributed by atoms with Crippen molar-refractivity contribution in [2.45, 2.75) is 133 Å². The van der Waals surface area contributed by atoms with Gasteiger partial charge in [0.15, 0.2) is 0 Å². The molecule has 4 heterocycles. The van der Waals surface area contributed by atoms with Gasteiger partial charge in [-0.15, -0.1) is 0 Å². The first-order valence-electron chi connectivity index (χ1n) is 20.1. The molecule has 5 amide bonds. The molecule has 3 fully saturated rings. The fourth-order valence-corrected chi connectivity index (χ4v) is 9.16. The Morgan fingerprint density at radius 2 is 1.84 bits per heavy atom. The molecule has 1 unspecified atom stereocenters. The minimum atomic E-state index is -3.92. The average Bonchev–Trinajstić information content (AvgIpc) is 3.94. The number of ether oxygens (including phenoxy) is 3. The van der Waals surface area contributed by atoms with Crippen LogP contribution in [-0.2, 0) is 53.5 Å². The molecule has 2 aromatic rings. The molecule has 0 bridgehead atoms. The van der Waals surface area contributed by atoms with Gasteiger partial charge in [-0.25, -0.2) is 18.0 Å². The number of aromatic nitrogens is 2. The quantitative estimate of drug-likeness (QED) is 0.313. The van der Waals surface area contributed by atoms with E-state index in [1.54, 1.807) is 31.6 Å². The maximum absolute atomic E-state index is 14.4. The SMILES string of the molecule is CC(C)(C)OC(=O)N[C@H]1CCCCCC=C[C@@H]2C[C@@]2(C(=O)NS(=O)(=O)C2CC2)NC(=O)C2C[C@@H](OC(=O)N3Cc4ccc(OCCn5cccn5)cc4C3)CN2C1=O. The summed E-state index contributed by atoms with van der Waals surface area (Å²) in [7, 11) is -3.92. The highest BCUT2D eigenvalue weighted by Crippen LogP contribution is 2.46. The molecule has 17 nitrogen and oxygen atoms in total. The van der Waals surface area contributed by atoms with Crippen LogP contribution in [0.25, 0.3) is 0 Å². The minimum absolute atomic E-state index is 0.0872. The summed E-state index contributed by atoms with van der Waals surface area (Å²) >= 11 is 0. The van der Waals surface area contributed by atoms with E-state index in [9.17, 15) is 32.4 Å². The Kier molecular flexibility index (Phi) is 11.8. The van der Waals surface area contributed by atoms with E-state index in [4.69, 9.17) is 14.2 Å². The number of amides is 5. The van der Waals surface area contributed by atoms with Gasteiger partial charge in [-0.1, -0.05) is 31.1 Å². The van der Waals surface area contributed by atoms with Gasteiger partial charge in [0, 0.05) is 37.8 Å². The van der Waals surface area contributed by atoms with Gasteiger partial charge in [-0.3, -0.25) is 28.7 Å². The number of fused-ring (bicyclic) bond motifs is 3. The number of allylic oxidation sites excluding steroid dienone is 1. The second kappa shape index (κ2) is 16.6. The van der Waals surface area contributed by atoms with Crippen LogP contribution in [0.4, 0.5) is 9.59 Å². The van der Waals surface area contributed by atoms with Crippen molar-refractivity contribution in [2.24, 2.45) is 5.92 Å². The van der Waals surface area contributed by atoms with E-state index < -0.39 is 80.4 Å². The van der Waals surface area contributed by atoms with Crippen molar-refractivity contribution in [2.75, 3.05) is 13.2 Å². The summed E-state index contributed by atoms with van der Waals surface area (Å²) < 4.78 is 47.0. The predicted octanol–water partition coefficient (Wildman–Crippen LogP) is 3.28. The van der Waals surface area contributed by atoms with Gasteiger partial charge in [-0.2, -0.15) is 5.10 Å². The molecule has 0 radical (unpaired) electrons. The lowest BCUT2D eigenvalue weighted by Crippen LogP contribution is -2.58. The Hall–Kier alpha value is -5.13. The van der Waals surface area contributed by atoms with Gasteiger partial charge >= 0.3 is 12.2 Å². The van der Waals surface area contributed by atoms with Crippen molar-refractivity contribution in [3.05, 3.63) is 59.9 Å². The summed E-state index contributed by atoms with van der Waals surface area (Å²) in [6, 6.07) is 5.22. The zero-order valence-corrected chi connectivity index (χ0v) is 34.0. The number of rotatable bonds is 9. The van der Waals surface area contributed by atoms with Crippen LogP contribution >= 0.6 is 0 Å². The number of nitrogens with one attached hydrogen (secondary N) is 3. The summed E-state index contributed by atoms with van der Waals surface area (Å²) in [5, 5.41) is 9.06. The Labute approximate surface area is 338 Å². The molecule has 0 spiro atoms. The Balaban J connectivity index is 1.07. The van der Waals surface area contributed by atoms with E-state index in [1.807, 2.05) is 42.6 Å². The molecule has 1 aromatic carbocycles. The molecule has 2 aliphatic carbocycles.